The van der Waals surface area contributed by atoms with E-state index < -0.39 is 32.3 Å². The van der Waals surface area contributed by atoms with Crippen LogP contribution in [-0.2, 0) is 14.0 Å². The first kappa shape index (κ1) is 20.6. The topological polar surface area (TPSA) is 131 Å². The third-order valence-corrected chi connectivity index (χ3v) is 5.43. The van der Waals surface area contributed by atoms with Crippen LogP contribution >= 0.6 is 0 Å². The Bertz CT molecular complexity index is 919. The van der Waals surface area contributed by atoms with Crippen LogP contribution in [0.25, 0.3) is 11.2 Å². The molecule has 10 nitrogen and oxygen atoms in total. The Balaban J connectivity index is 1.84. The molecule has 0 bridgehead atoms. The summed E-state index contributed by atoms with van der Waals surface area (Å²) in [5.41, 5.74) is -0.0332. The van der Waals surface area contributed by atoms with E-state index in [4.69, 9.17) is 9.16 Å². The van der Waals surface area contributed by atoms with Crippen molar-refractivity contribution in [1.82, 2.24) is 19.5 Å². The van der Waals surface area contributed by atoms with Crippen molar-refractivity contribution >= 4 is 31.3 Å². The van der Waals surface area contributed by atoms with Crippen molar-refractivity contribution in [2.24, 2.45) is 5.92 Å². The second kappa shape index (κ2) is 7.74. The minimum atomic E-state index is -1.73. The Morgan fingerprint density at radius 2 is 2.21 bits per heavy atom. The zero-order valence-corrected chi connectivity index (χ0v) is 17.7. The first-order chi connectivity index (χ1) is 13.0. The summed E-state index contributed by atoms with van der Waals surface area (Å²) >= 11 is 0. The minimum Gasteiger partial charge on any atom is -0.415 e. The molecule has 0 radical (unpaired) electrons. The molecule has 1 amide bonds. The van der Waals surface area contributed by atoms with Crippen LogP contribution in [0.3, 0.4) is 0 Å². The van der Waals surface area contributed by atoms with Crippen molar-refractivity contribution in [1.29, 1.82) is 0 Å². The van der Waals surface area contributed by atoms with Crippen molar-refractivity contribution in [2.75, 3.05) is 11.9 Å². The molecule has 2 aromatic rings. The van der Waals surface area contributed by atoms with Gasteiger partial charge >= 0.3 is 0 Å². The summed E-state index contributed by atoms with van der Waals surface area (Å²) in [6.45, 7) is 10.00. The Labute approximate surface area is 163 Å². The molecule has 11 heteroatoms. The maximum absolute atomic E-state index is 12.3. The second-order valence-electron chi connectivity index (χ2n) is 8.24. The molecule has 0 aromatic carbocycles. The average molecular weight is 410 g/mol. The molecule has 3 heterocycles. The molecule has 1 fully saturated rings. The predicted molar refractivity (Wildman–Crippen MR) is 105 cm³/mol. The van der Waals surface area contributed by atoms with Crippen LogP contribution in [0.5, 0.6) is 0 Å². The molecule has 1 aliphatic rings. The number of aromatic nitrogens is 4. The van der Waals surface area contributed by atoms with Gasteiger partial charge in [0.2, 0.25) is 11.9 Å². The van der Waals surface area contributed by atoms with E-state index >= 15 is 0 Å². The van der Waals surface area contributed by atoms with Crippen LogP contribution in [-0.4, -0.2) is 57.7 Å². The summed E-state index contributed by atoms with van der Waals surface area (Å²) in [7, 11) is -1.73. The standard InChI is InChI=1S/C17H27N5O5Si/c1-9(2)15(24)20-17-19-14-13(16(25)21-17)18-8-22(14)12-6-10(23)11(27-12)7-26-28(3,4)5/h8-12,23H,6-7H2,1-5H3,(H2,19,20,21,24,25)/t10-,11+,12+/m0/s1. The maximum atomic E-state index is 12.3. The van der Waals surface area contributed by atoms with Crippen LogP contribution in [0, 0.1) is 5.92 Å². The molecule has 0 saturated carbocycles. The van der Waals surface area contributed by atoms with Gasteiger partial charge in [-0.15, -0.1) is 0 Å². The van der Waals surface area contributed by atoms with Crippen LogP contribution < -0.4 is 10.9 Å². The number of nitrogens with zero attached hydrogens (tertiary/aromatic N) is 3. The summed E-state index contributed by atoms with van der Waals surface area (Å²) in [6.07, 6.45) is 0.100. The van der Waals surface area contributed by atoms with Crippen molar-refractivity contribution in [3.05, 3.63) is 16.7 Å². The molecular weight excluding hydrogens is 382 g/mol. The fraction of sp³-hybridized carbons (Fsp3) is 0.647. The van der Waals surface area contributed by atoms with Crippen LogP contribution in [0.15, 0.2) is 11.1 Å². The lowest BCUT2D eigenvalue weighted by molar-refractivity contribution is -0.118. The largest absolute Gasteiger partial charge is 0.415 e. The number of H-pyrrole nitrogens is 1. The Morgan fingerprint density at radius 1 is 1.50 bits per heavy atom. The number of carbonyl (C=O) groups excluding carboxylic acids is 1. The molecule has 3 atom stereocenters. The number of aromatic amines is 1. The summed E-state index contributed by atoms with van der Waals surface area (Å²) in [4.78, 5) is 35.2. The van der Waals surface area contributed by atoms with Crippen molar-refractivity contribution in [3.8, 4) is 0 Å². The number of carbonyl (C=O) groups is 1. The number of nitrogens with one attached hydrogen (secondary N) is 2. The predicted octanol–water partition coefficient (Wildman–Crippen LogP) is 1.21. The Kier molecular flexibility index (Phi) is 5.71. The number of aliphatic hydroxyl groups excluding tert-OH is 1. The lowest BCUT2D eigenvalue weighted by atomic mass is 10.2. The SMILES string of the molecule is CC(C)C(=O)Nc1nc2c(ncn2[C@H]2C[C@H](O)[C@@H](CO[Si](C)(C)C)O2)c(=O)[nH]1. The number of hydrogen-bond acceptors (Lipinski definition) is 7. The molecule has 3 N–H and O–H groups in total. The lowest BCUT2D eigenvalue weighted by Crippen LogP contribution is -2.34. The fourth-order valence-corrected chi connectivity index (χ4v) is 3.49. The van der Waals surface area contributed by atoms with Gasteiger partial charge in [0.15, 0.2) is 19.5 Å². The average Bonchev–Trinajstić information content (AvgIpc) is 3.15. The molecule has 0 aliphatic carbocycles. The molecular formula is C17H27N5O5Si. The highest BCUT2D eigenvalue weighted by Crippen LogP contribution is 2.31. The molecule has 3 rings (SSSR count). The summed E-state index contributed by atoms with van der Waals surface area (Å²) in [5, 5.41) is 12.9. The highest BCUT2D eigenvalue weighted by atomic mass is 28.4. The van der Waals surface area contributed by atoms with E-state index in [-0.39, 0.29) is 28.9 Å². The van der Waals surface area contributed by atoms with Crippen LogP contribution in [0.2, 0.25) is 19.6 Å². The number of ether oxygens (including phenoxy) is 1. The molecule has 2 aromatic heterocycles. The molecule has 154 valence electrons. The first-order valence-electron chi connectivity index (χ1n) is 9.30. The highest BCUT2D eigenvalue weighted by Gasteiger charge is 2.37. The van der Waals surface area contributed by atoms with E-state index in [0.717, 1.165) is 0 Å². The van der Waals surface area contributed by atoms with Gasteiger partial charge in [0.25, 0.3) is 5.56 Å². The number of hydrogen-bond donors (Lipinski definition) is 3. The number of imidazole rings is 1. The van der Waals surface area contributed by atoms with E-state index in [1.54, 1.807) is 18.4 Å². The molecule has 1 aliphatic heterocycles. The van der Waals surface area contributed by atoms with Crippen molar-refractivity contribution in [3.63, 3.8) is 0 Å². The van der Waals surface area contributed by atoms with Crippen LogP contribution in [0.4, 0.5) is 5.95 Å². The third kappa shape index (κ3) is 4.49. The molecule has 0 spiro atoms. The van der Waals surface area contributed by atoms with Gasteiger partial charge < -0.3 is 14.3 Å². The number of fused-ring (bicyclic) bond motifs is 1. The monoisotopic (exact) mass is 409 g/mol. The van der Waals surface area contributed by atoms with Crippen molar-refractivity contribution < 1.29 is 19.1 Å². The van der Waals surface area contributed by atoms with Gasteiger partial charge in [-0.25, -0.2) is 4.98 Å². The minimum absolute atomic E-state index is 0.0510. The molecule has 28 heavy (non-hydrogen) atoms. The highest BCUT2D eigenvalue weighted by molar-refractivity contribution is 6.69. The van der Waals surface area contributed by atoms with Crippen LogP contribution in [0.1, 0.15) is 26.5 Å². The second-order valence-corrected chi connectivity index (χ2v) is 12.8. The van der Waals surface area contributed by atoms with E-state index in [9.17, 15) is 14.7 Å². The zero-order chi connectivity index (χ0) is 20.6. The van der Waals surface area contributed by atoms with Gasteiger partial charge in [-0.3, -0.25) is 24.5 Å². The first-order valence-corrected chi connectivity index (χ1v) is 12.7. The Morgan fingerprint density at radius 3 is 2.86 bits per heavy atom. The third-order valence-electron chi connectivity index (χ3n) is 4.39. The van der Waals surface area contributed by atoms with Gasteiger partial charge in [0.05, 0.1) is 19.0 Å². The van der Waals surface area contributed by atoms with Gasteiger partial charge in [0.1, 0.15) is 12.3 Å². The smallest absolute Gasteiger partial charge is 0.280 e. The van der Waals surface area contributed by atoms with Crippen molar-refractivity contribution in [2.45, 2.75) is 58.3 Å². The lowest BCUT2D eigenvalue weighted by Gasteiger charge is -2.22. The van der Waals surface area contributed by atoms with E-state index in [2.05, 4.69) is 39.9 Å². The Hall–Kier alpha value is -2.08. The quantitative estimate of drug-likeness (QED) is 0.611. The molecule has 0 unspecified atom stereocenters. The van der Waals surface area contributed by atoms with Gasteiger partial charge in [-0.1, -0.05) is 13.8 Å². The molecule has 1 saturated heterocycles. The number of amides is 1. The summed E-state index contributed by atoms with van der Waals surface area (Å²) in [5.74, 6) is -0.467. The van der Waals surface area contributed by atoms with E-state index in [0.29, 0.717) is 13.0 Å². The van der Waals surface area contributed by atoms with Gasteiger partial charge in [-0.05, 0) is 19.6 Å². The fourth-order valence-electron chi connectivity index (χ4n) is 2.83. The van der Waals surface area contributed by atoms with Gasteiger partial charge in [0, 0.05) is 12.3 Å². The van der Waals surface area contributed by atoms with E-state index in [1.807, 2.05) is 0 Å². The normalized spacial score (nSPS) is 22.9. The van der Waals surface area contributed by atoms with Gasteiger partial charge in [-0.2, -0.15) is 4.98 Å². The number of anilines is 1. The zero-order valence-electron chi connectivity index (χ0n) is 16.7. The summed E-state index contributed by atoms with van der Waals surface area (Å²) in [6, 6.07) is 0. The number of rotatable bonds is 6. The number of aliphatic hydroxyl groups is 1. The maximum Gasteiger partial charge on any atom is 0.280 e. The summed E-state index contributed by atoms with van der Waals surface area (Å²) < 4.78 is 13.4. The van der Waals surface area contributed by atoms with E-state index in [1.165, 1.54) is 6.33 Å².